The summed E-state index contributed by atoms with van der Waals surface area (Å²) in [6.07, 6.45) is 76.1. The van der Waals surface area contributed by atoms with Crippen LogP contribution in [0.25, 0.3) is 0 Å². The molecule has 3 N–H and O–H groups in total. The maximum absolute atomic E-state index is 13.1. The zero-order chi connectivity index (χ0) is 77.6. The molecule has 626 valence electrons. The fraction of sp³-hybridized carbons (Fsp3) is 0.908. The molecule has 0 heterocycles. The van der Waals surface area contributed by atoms with Gasteiger partial charge in [-0.3, -0.25) is 37.3 Å². The van der Waals surface area contributed by atoms with Crippen LogP contribution in [-0.2, 0) is 65.4 Å². The highest BCUT2D eigenvalue weighted by atomic mass is 31.2. The van der Waals surface area contributed by atoms with Crippen LogP contribution < -0.4 is 0 Å². The van der Waals surface area contributed by atoms with E-state index in [2.05, 4.69) is 58.9 Å². The molecule has 0 bridgehead atoms. The van der Waals surface area contributed by atoms with Gasteiger partial charge in [-0.15, -0.1) is 0 Å². The van der Waals surface area contributed by atoms with Crippen LogP contribution in [0.3, 0.4) is 0 Å². The maximum Gasteiger partial charge on any atom is 0.472 e. The molecule has 0 saturated carbocycles. The van der Waals surface area contributed by atoms with Gasteiger partial charge >= 0.3 is 39.5 Å². The molecule has 0 rings (SSSR count). The largest absolute Gasteiger partial charge is 0.472 e. The summed E-state index contributed by atoms with van der Waals surface area (Å²) in [5.74, 6) is -1.31. The maximum atomic E-state index is 13.1. The Kier molecular flexibility index (Phi) is 77.4. The molecule has 0 spiro atoms. The molecule has 0 aromatic heterocycles. The first kappa shape index (κ1) is 104. The van der Waals surface area contributed by atoms with Gasteiger partial charge in [-0.25, -0.2) is 9.13 Å². The highest BCUT2D eigenvalue weighted by Crippen LogP contribution is 2.45. The normalized spacial score (nSPS) is 13.9. The van der Waals surface area contributed by atoms with E-state index in [9.17, 15) is 43.2 Å². The zero-order valence-electron chi connectivity index (χ0n) is 69.1. The van der Waals surface area contributed by atoms with Crippen molar-refractivity contribution in [3.63, 3.8) is 0 Å². The fourth-order valence-corrected chi connectivity index (χ4v) is 14.7. The molecular formula is C87H166O17P2. The Morgan fingerprint density at radius 1 is 0.292 bits per heavy atom. The van der Waals surface area contributed by atoms with Crippen LogP contribution in [0.4, 0.5) is 0 Å². The number of carbonyl (C=O) groups is 4. The van der Waals surface area contributed by atoms with E-state index in [4.69, 9.17) is 37.0 Å². The molecule has 17 nitrogen and oxygen atoms in total. The van der Waals surface area contributed by atoms with Gasteiger partial charge in [0.15, 0.2) is 12.2 Å². The predicted octanol–water partition coefficient (Wildman–Crippen LogP) is 26.3. The Balaban J connectivity index is 5.20. The van der Waals surface area contributed by atoms with Gasteiger partial charge in [0.25, 0.3) is 0 Å². The van der Waals surface area contributed by atoms with Gasteiger partial charge in [0, 0.05) is 25.7 Å². The van der Waals surface area contributed by atoms with E-state index in [1.807, 2.05) is 0 Å². The van der Waals surface area contributed by atoms with Crippen molar-refractivity contribution in [2.45, 2.75) is 464 Å². The van der Waals surface area contributed by atoms with E-state index in [0.29, 0.717) is 25.7 Å². The van der Waals surface area contributed by atoms with Crippen molar-refractivity contribution in [3.05, 3.63) is 24.3 Å². The lowest BCUT2D eigenvalue weighted by atomic mass is 10.0. The van der Waals surface area contributed by atoms with Gasteiger partial charge < -0.3 is 33.8 Å². The van der Waals surface area contributed by atoms with Crippen LogP contribution in [0.5, 0.6) is 0 Å². The summed E-state index contributed by atoms with van der Waals surface area (Å²) in [7, 11) is -9.94. The minimum Gasteiger partial charge on any atom is -0.462 e. The molecule has 0 aromatic carbocycles. The number of phosphoric acid groups is 2. The lowest BCUT2D eigenvalue weighted by molar-refractivity contribution is -0.161. The number of rotatable bonds is 85. The minimum atomic E-state index is -4.97. The van der Waals surface area contributed by atoms with Crippen LogP contribution >= 0.6 is 15.6 Å². The first-order chi connectivity index (χ1) is 51.5. The van der Waals surface area contributed by atoms with Gasteiger partial charge in [0.1, 0.15) is 19.3 Å². The lowest BCUT2D eigenvalue weighted by Gasteiger charge is -2.21. The first-order valence-corrected chi connectivity index (χ1v) is 47.4. The summed E-state index contributed by atoms with van der Waals surface area (Å²) in [4.78, 5) is 73.1. The van der Waals surface area contributed by atoms with Crippen molar-refractivity contribution in [2.75, 3.05) is 39.6 Å². The summed E-state index contributed by atoms with van der Waals surface area (Å²) < 4.78 is 68.8. The van der Waals surface area contributed by atoms with Crippen molar-refractivity contribution in [2.24, 2.45) is 5.92 Å². The number of aliphatic hydroxyl groups is 1. The Bertz CT molecular complexity index is 2110. The molecule has 5 atom stereocenters. The second kappa shape index (κ2) is 79.2. The number of carbonyl (C=O) groups excluding carboxylic acids is 4. The van der Waals surface area contributed by atoms with Crippen LogP contribution in [0.2, 0.25) is 0 Å². The number of hydrogen-bond donors (Lipinski definition) is 3. The number of esters is 4. The van der Waals surface area contributed by atoms with E-state index >= 15 is 0 Å². The van der Waals surface area contributed by atoms with E-state index < -0.39 is 97.5 Å². The molecule has 0 radical (unpaired) electrons. The third kappa shape index (κ3) is 79.6. The number of unbranched alkanes of at least 4 members (excludes halogenated alkanes) is 54. The van der Waals surface area contributed by atoms with Crippen LogP contribution in [-0.4, -0.2) is 96.7 Å². The molecule has 106 heavy (non-hydrogen) atoms. The average Bonchev–Trinajstić information content (AvgIpc) is 0.905. The fourth-order valence-electron chi connectivity index (χ4n) is 13.1. The molecule has 0 aliphatic carbocycles. The monoisotopic (exact) mass is 1550 g/mol. The number of phosphoric ester groups is 2. The van der Waals surface area contributed by atoms with E-state index in [1.165, 1.54) is 250 Å². The highest BCUT2D eigenvalue weighted by molar-refractivity contribution is 7.47. The molecule has 0 aliphatic heterocycles. The summed E-state index contributed by atoms with van der Waals surface area (Å²) in [5, 5.41) is 10.7. The number of ether oxygens (including phenoxy) is 4. The van der Waals surface area contributed by atoms with E-state index in [1.54, 1.807) is 0 Å². The van der Waals surface area contributed by atoms with Gasteiger partial charge in [0.05, 0.1) is 26.4 Å². The van der Waals surface area contributed by atoms with Gasteiger partial charge in [-0.2, -0.15) is 0 Å². The van der Waals surface area contributed by atoms with E-state index in [0.717, 1.165) is 115 Å². The SMILES string of the molecule is CCCCCC/C=C\C=C/CCCCCCCC(=O)O[C@H](COC(=O)CCCCCCCCCC)COP(=O)(O)OC[C@H](O)COP(=O)(O)OC[C@@H](COC(=O)CCCCCCCCCCCCCCCCCCCCC(C)C)OC(=O)CCCCCCCCCCCCCCCCCCCCCCCC. The highest BCUT2D eigenvalue weighted by Gasteiger charge is 2.30. The predicted molar refractivity (Wildman–Crippen MR) is 437 cm³/mol. The molecule has 0 amide bonds. The molecular weight excluding hydrogens is 1380 g/mol. The van der Waals surface area contributed by atoms with Gasteiger partial charge in [0.2, 0.25) is 0 Å². The van der Waals surface area contributed by atoms with Crippen molar-refractivity contribution in [1.29, 1.82) is 0 Å². The lowest BCUT2D eigenvalue weighted by Crippen LogP contribution is -2.30. The van der Waals surface area contributed by atoms with Gasteiger partial charge in [-0.1, -0.05) is 393 Å². The van der Waals surface area contributed by atoms with Crippen molar-refractivity contribution in [3.8, 4) is 0 Å². The smallest absolute Gasteiger partial charge is 0.462 e. The van der Waals surface area contributed by atoms with Crippen molar-refractivity contribution < 1.29 is 80.2 Å². The molecule has 0 aromatic rings. The Morgan fingerprint density at radius 3 is 0.774 bits per heavy atom. The zero-order valence-corrected chi connectivity index (χ0v) is 70.9. The summed E-state index contributed by atoms with van der Waals surface area (Å²) in [6, 6.07) is 0. The minimum absolute atomic E-state index is 0.0854. The number of hydrogen-bond acceptors (Lipinski definition) is 15. The van der Waals surface area contributed by atoms with Crippen LogP contribution in [0, 0.1) is 5.92 Å². The quantitative estimate of drug-likeness (QED) is 0.0169. The first-order valence-electron chi connectivity index (χ1n) is 44.5. The molecule has 0 aliphatic rings. The Hall–Kier alpha value is -2.46. The summed E-state index contributed by atoms with van der Waals surface area (Å²) in [6.45, 7) is 7.30. The molecule has 0 saturated heterocycles. The van der Waals surface area contributed by atoms with E-state index in [-0.39, 0.29) is 25.7 Å². The summed E-state index contributed by atoms with van der Waals surface area (Å²) >= 11 is 0. The van der Waals surface area contributed by atoms with Gasteiger partial charge in [-0.05, 0) is 57.3 Å². The molecule has 2 unspecified atom stereocenters. The number of allylic oxidation sites excluding steroid dienone is 4. The molecule has 0 fully saturated rings. The Labute approximate surface area is 650 Å². The average molecular weight is 1550 g/mol. The molecule has 19 heteroatoms. The van der Waals surface area contributed by atoms with Crippen LogP contribution in [0.15, 0.2) is 24.3 Å². The topological polar surface area (TPSA) is 237 Å². The third-order valence-electron chi connectivity index (χ3n) is 19.9. The Morgan fingerprint density at radius 2 is 0.509 bits per heavy atom. The second-order valence-electron chi connectivity index (χ2n) is 31.1. The van der Waals surface area contributed by atoms with Crippen molar-refractivity contribution >= 4 is 39.5 Å². The van der Waals surface area contributed by atoms with Crippen molar-refractivity contribution in [1.82, 2.24) is 0 Å². The number of aliphatic hydroxyl groups excluding tert-OH is 1. The third-order valence-corrected chi connectivity index (χ3v) is 21.8. The standard InChI is InChI=1S/C87H166O17P2/c1-6-9-12-15-18-21-23-25-27-28-29-30-31-32-37-41-45-49-53-58-63-68-73-87(92)104-83(77-98-85(90)71-66-61-56-51-47-43-40-36-34-33-35-39-42-46-50-54-59-64-69-80(4)5)79-102-106(95,96)100-75-81(88)74-99-105(93,94)101-78-82(76-97-84(89)70-65-60-55-20-17-14-11-8-3)103-86(91)72-67-62-57-52-48-44-38-26-24-22-19-16-13-10-7-2/h22,24,26,38,80-83,88H,6-21,23,25,27-37,39-79H2,1-5H3,(H,93,94)(H,95,96)/b24-22-,38-26-/t81-,82+,83+/m0/s1. The summed E-state index contributed by atoms with van der Waals surface area (Å²) in [5.41, 5.74) is 0. The van der Waals surface area contributed by atoms with Crippen LogP contribution in [0.1, 0.15) is 446 Å². The second-order valence-corrected chi connectivity index (χ2v) is 34.0.